The van der Waals surface area contributed by atoms with Crippen LogP contribution in [-0.4, -0.2) is 23.3 Å². The van der Waals surface area contributed by atoms with E-state index in [0.717, 1.165) is 16.7 Å². The van der Waals surface area contributed by atoms with Gasteiger partial charge in [-0.05, 0) is 54.8 Å². The summed E-state index contributed by atoms with van der Waals surface area (Å²) in [4.78, 5) is 27.5. The standard InChI is InChI=1S/C23H20N2O4/c1-14-20(7-6-18-19(26)9-11-28-22(14)18)29-21-13-16(8-10-25-21)12-15-2-4-17(5-3-15)23(24)27/h2-8,10,13H,9,11-12H2,1H3,(H2,24,27). The summed E-state index contributed by atoms with van der Waals surface area (Å²) in [6.45, 7) is 2.26. The Morgan fingerprint density at radius 3 is 2.69 bits per heavy atom. The highest BCUT2D eigenvalue weighted by atomic mass is 16.5. The number of pyridine rings is 1. The number of nitrogens with zero attached hydrogens (tertiary/aromatic N) is 1. The van der Waals surface area contributed by atoms with Crippen LogP contribution in [0.3, 0.4) is 0 Å². The van der Waals surface area contributed by atoms with Crippen molar-refractivity contribution in [3.63, 3.8) is 0 Å². The summed E-state index contributed by atoms with van der Waals surface area (Å²) in [5.41, 5.74) is 9.21. The third-order valence-corrected chi connectivity index (χ3v) is 4.89. The molecule has 0 atom stereocenters. The maximum atomic E-state index is 12.0. The Morgan fingerprint density at radius 2 is 1.93 bits per heavy atom. The maximum Gasteiger partial charge on any atom is 0.248 e. The van der Waals surface area contributed by atoms with Crippen LogP contribution < -0.4 is 15.2 Å². The van der Waals surface area contributed by atoms with Crippen molar-refractivity contribution in [2.75, 3.05) is 6.61 Å². The zero-order valence-corrected chi connectivity index (χ0v) is 16.0. The molecule has 146 valence electrons. The van der Waals surface area contributed by atoms with Crippen molar-refractivity contribution in [1.29, 1.82) is 0 Å². The number of benzene rings is 2. The zero-order chi connectivity index (χ0) is 20.4. The Balaban J connectivity index is 1.54. The van der Waals surface area contributed by atoms with E-state index in [4.69, 9.17) is 15.2 Å². The SMILES string of the molecule is Cc1c(Oc2cc(Cc3ccc(C(N)=O)cc3)ccn2)ccc2c1OCCC2=O. The average Bonchev–Trinajstić information content (AvgIpc) is 2.71. The molecule has 29 heavy (non-hydrogen) atoms. The lowest BCUT2D eigenvalue weighted by Crippen LogP contribution is -2.16. The van der Waals surface area contributed by atoms with Gasteiger partial charge in [0, 0.05) is 29.8 Å². The van der Waals surface area contributed by atoms with Crippen LogP contribution in [0.25, 0.3) is 0 Å². The van der Waals surface area contributed by atoms with Gasteiger partial charge >= 0.3 is 0 Å². The molecule has 0 saturated carbocycles. The third-order valence-electron chi connectivity index (χ3n) is 4.89. The number of hydrogen-bond acceptors (Lipinski definition) is 5. The second-order valence-corrected chi connectivity index (χ2v) is 6.93. The first-order valence-corrected chi connectivity index (χ1v) is 9.32. The van der Waals surface area contributed by atoms with Gasteiger partial charge < -0.3 is 15.2 Å². The molecule has 0 saturated heterocycles. The largest absolute Gasteiger partial charge is 0.492 e. The monoisotopic (exact) mass is 388 g/mol. The first kappa shape index (κ1) is 18.7. The fourth-order valence-corrected chi connectivity index (χ4v) is 3.32. The van der Waals surface area contributed by atoms with Crippen molar-refractivity contribution in [3.8, 4) is 17.4 Å². The molecule has 0 unspecified atom stereocenters. The van der Waals surface area contributed by atoms with Gasteiger partial charge in [0.1, 0.15) is 11.5 Å². The van der Waals surface area contributed by atoms with Crippen LogP contribution in [0.2, 0.25) is 0 Å². The molecule has 3 aromatic rings. The predicted octanol–water partition coefficient (Wildman–Crippen LogP) is 3.84. The molecule has 4 rings (SSSR count). The van der Waals surface area contributed by atoms with Gasteiger partial charge in [0.15, 0.2) is 5.78 Å². The number of aromatic nitrogens is 1. The van der Waals surface area contributed by atoms with Gasteiger partial charge in [-0.25, -0.2) is 4.98 Å². The summed E-state index contributed by atoms with van der Waals surface area (Å²) < 4.78 is 11.7. The Kier molecular flexibility index (Phi) is 4.99. The molecule has 6 nitrogen and oxygen atoms in total. The molecule has 1 amide bonds. The number of ketones is 1. The van der Waals surface area contributed by atoms with Crippen LogP contribution in [0.1, 0.15) is 43.8 Å². The van der Waals surface area contributed by atoms with Gasteiger partial charge in [-0.2, -0.15) is 0 Å². The lowest BCUT2D eigenvalue weighted by atomic mass is 10.0. The molecule has 1 aliphatic heterocycles. The van der Waals surface area contributed by atoms with Gasteiger partial charge in [-0.3, -0.25) is 9.59 Å². The highest BCUT2D eigenvalue weighted by molar-refractivity contribution is 6.00. The molecule has 2 aromatic carbocycles. The molecule has 2 heterocycles. The number of ether oxygens (including phenoxy) is 2. The zero-order valence-electron chi connectivity index (χ0n) is 16.0. The fraction of sp³-hybridized carbons (Fsp3) is 0.174. The Hall–Kier alpha value is -3.67. The van der Waals surface area contributed by atoms with E-state index in [1.165, 1.54) is 0 Å². The van der Waals surface area contributed by atoms with Crippen LogP contribution in [0.4, 0.5) is 0 Å². The molecule has 1 aromatic heterocycles. The fourth-order valence-electron chi connectivity index (χ4n) is 3.32. The molecule has 0 spiro atoms. The number of rotatable bonds is 5. The van der Waals surface area contributed by atoms with Crippen LogP contribution >= 0.6 is 0 Å². The number of carbonyl (C=O) groups excluding carboxylic acids is 2. The molecule has 6 heteroatoms. The second kappa shape index (κ2) is 7.75. The minimum absolute atomic E-state index is 0.0865. The molecular formula is C23H20N2O4. The predicted molar refractivity (Wildman–Crippen MR) is 108 cm³/mol. The summed E-state index contributed by atoms with van der Waals surface area (Å²) in [5, 5.41) is 0. The van der Waals surface area contributed by atoms with Crippen LogP contribution in [0.5, 0.6) is 17.4 Å². The van der Waals surface area contributed by atoms with Crippen molar-refractivity contribution in [3.05, 3.63) is 82.5 Å². The number of amides is 1. The summed E-state index contributed by atoms with van der Waals surface area (Å²) in [5.74, 6) is 1.30. The van der Waals surface area contributed by atoms with Gasteiger partial charge in [0.05, 0.1) is 12.2 Å². The van der Waals surface area contributed by atoms with E-state index in [9.17, 15) is 9.59 Å². The van der Waals surface area contributed by atoms with Gasteiger partial charge in [-0.1, -0.05) is 12.1 Å². The number of hydrogen-bond donors (Lipinski definition) is 1. The summed E-state index contributed by atoms with van der Waals surface area (Å²) in [6, 6.07) is 14.5. The van der Waals surface area contributed by atoms with E-state index in [-0.39, 0.29) is 5.78 Å². The van der Waals surface area contributed by atoms with Crippen molar-refractivity contribution in [2.24, 2.45) is 5.73 Å². The lowest BCUT2D eigenvalue weighted by Gasteiger charge is -2.20. The molecule has 0 fully saturated rings. The Morgan fingerprint density at radius 1 is 1.14 bits per heavy atom. The minimum Gasteiger partial charge on any atom is -0.492 e. The summed E-state index contributed by atoms with van der Waals surface area (Å²) in [7, 11) is 0. The van der Waals surface area contributed by atoms with E-state index in [1.54, 1.807) is 30.5 Å². The first-order chi connectivity index (χ1) is 14.0. The van der Waals surface area contributed by atoms with Crippen molar-refractivity contribution in [1.82, 2.24) is 4.98 Å². The number of fused-ring (bicyclic) bond motifs is 1. The topological polar surface area (TPSA) is 91.5 Å². The van der Waals surface area contributed by atoms with Crippen molar-refractivity contribution in [2.45, 2.75) is 19.8 Å². The third kappa shape index (κ3) is 3.96. The van der Waals surface area contributed by atoms with Crippen LogP contribution in [0, 0.1) is 6.92 Å². The quantitative estimate of drug-likeness (QED) is 0.717. The molecular weight excluding hydrogens is 368 g/mol. The van der Waals surface area contributed by atoms with Gasteiger partial charge in [0.25, 0.3) is 0 Å². The highest BCUT2D eigenvalue weighted by Gasteiger charge is 2.22. The van der Waals surface area contributed by atoms with E-state index < -0.39 is 5.91 Å². The number of primary amides is 1. The summed E-state index contributed by atoms with van der Waals surface area (Å²) >= 11 is 0. The normalized spacial score (nSPS) is 12.8. The molecule has 0 bridgehead atoms. The van der Waals surface area contributed by atoms with E-state index in [0.29, 0.717) is 48.0 Å². The van der Waals surface area contributed by atoms with E-state index in [1.807, 2.05) is 31.2 Å². The number of Topliss-reactive ketones (excluding diaryl/α,β-unsaturated/α-hetero) is 1. The van der Waals surface area contributed by atoms with Crippen molar-refractivity contribution < 1.29 is 19.1 Å². The van der Waals surface area contributed by atoms with Crippen molar-refractivity contribution >= 4 is 11.7 Å². The molecule has 0 radical (unpaired) electrons. The first-order valence-electron chi connectivity index (χ1n) is 9.32. The molecule has 1 aliphatic rings. The maximum absolute atomic E-state index is 12.0. The number of nitrogens with two attached hydrogens (primary N) is 1. The van der Waals surface area contributed by atoms with Gasteiger partial charge in [0.2, 0.25) is 11.8 Å². The minimum atomic E-state index is -0.442. The smallest absolute Gasteiger partial charge is 0.248 e. The Bertz CT molecular complexity index is 1090. The highest BCUT2D eigenvalue weighted by Crippen LogP contribution is 2.36. The number of carbonyl (C=O) groups is 2. The van der Waals surface area contributed by atoms with Gasteiger partial charge in [-0.15, -0.1) is 0 Å². The van der Waals surface area contributed by atoms with E-state index >= 15 is 0 Å². The Labute approximate surface area is 168 Å². The summed E-state index contributed by atoms with van der Waals surface area (Å²) in [6.07, 6.45) is 2.76. The van der Waals surface area contributed by atoms with Crippen LogP contribution in [-0.2, 0) is 6.42 Å². The second-order valence-electron chi connectivity index (χ2n) is 6.93. The lowest BCUT2D eigenvalue weighted by molar-refractivity contribution is 0.0931. The molecule has 0 aliphatic carbocycles. The van der Waals surface area contributed by atoms with Crippen LogP contribution in [0.15, 0.2) is 54.7 Å². The average molecular weight is 388 g/mol. The van der Waals surface area contributed by atoms with E-state index in [2.05, 4.69) is 4.98 Å². The molecule has 2 N–H and O–H groups in total.